The number of benzene rings is 1. The highest BCUT2D eigenvalue weighted by molar-refractivity contribution is 5.82. The molecule has 3 amide bonds. The second kappa shape index (κ2) is 15.5. The van der Waals surface area contributed by atoms with Crippen molar-refractivity contribution in [1.29, 1.82) is 0 Å². The first kappa shape index (κ1) is 32.9. The van der Waals surface area contributed by atoms with Crippen molar-refractivity contribution in [2.45, 2.75) is 123 Å². The standard InChI is InChI=1S/C32H51N3O6/c1-6-7-8-14-21-35(22-24-15-10-9-11-16-24)30(38)34-25-17-12-13-18-26(25)40-27(36)19-20-33-29(37)28-31(2,3)23-39-32(4,5)41-28/h9-11,15-16,25-26,28H,6-8,12-14,17-23H2,1-5H3,(H,33,37)(H,34,38). The van der Waals surface area contributed by atoms with Gasteiger partial charge in [-0.15, -0.1) is 0 Å². The first-order valence-corrected chi connectivity index (χ1v) is 15.4. The average molecular weight is 574 g/mol. The molecule has 1 aliphatic heterocycles. The number of carbonyl (C=O) groups is 3. The Hall–Kier alpha value is -2.65. The third kappa shape index (κ3) is 10.6. The topological polar surface area (TPSA) is 106 Å². The van der Waals surface area contributed by atoms with Gasteiger partial charge in [0.2, 0.25) is 5.91 Å². The fourth-order valence-electron chi connectivity index (χ4n) is 5.37. The van der Waals surface area contributed by atoms with Crippen LogP contribution < -0.4 is 10.6 Å². The van der Waals surface area contributed by atoms with Crippen LogP contribution in [0.4, 0.5) is 4.79 Å². The molecule has 9 nitrogen and oxygen atoms in total. The van der Waals surface area contributed by atoms with Gasteiger partial charge in [-0.05, 0) is 45.1 Å². The Bertz CT molecular complexity index is 983. The second-order valence-electron chi connectivity index (χ2n) is 12.6. The highest BCUT2D eigenvalue weighted by Crippen LogP contribution is 2.34. The lowest BCUT2D eigenvalue weighted by atomic mass is 9.85. The van der Waals surface area contributed by atoms with Gasteiger partial charge in [0.05, 0.1) is 19.1 Å². The number of amides is 3. The van der Waals surface area contributed by atoms with Crippen molar-refractivity contribution in [3.05, 3.63) is 35.9 Å². The summed E-state index contributed by atoms with van der Waals surface area (Å²) >= 11 is 0. The van der Waals surface area contributed by atoms with Gasteiger partial charge in [0.1, 0.15) is 12.2 Å². The molecule has 3 unspecified atom stereocenters. The van der Waals surface area contributed by atoms with Crippen LogP contribution in [0.3, 0.4) is 0 Å². The number of ether oxygens (including phenoxy) is 3. The first-order valence-electron chi connectivity index (χ1n) is 15.4. The maximum absolute atomic E-state index is 13.4. The molecule has 0 spiro atoms. The van der Waals surface area contributed by atoms with Crippen LogP contribution in [0, 0.1) is 5.41 Å². The molecule has 0 aromatic heterocycles. The van der Waals surface area contributed by atoms with Gasteiger partial charge in [-0.3, -0.25) is 9.59 Å². The van der Waals surface area contributed by atoms with E-state index >= 15 is 0 Å². The molecule has 0 radical (unpaired) electrons. The van der Waals surface area contributed by atoms with Crippen molar-refractivity contribution in [1.82, 2.24) is 15.5 Å². The Morgan fingerprint density at radius 3 is 2.49 bits per heavy atom. The minimum atomic E-state index is -0.844. The number of nitrogens with one attached hydrogen (secondary N) is 2. The molecule has 230 valence electrons. The van der Waals surface area contributed by atoms with Crippen molar-refractivity contribution in [3.8, 4) is 0 Å². The summed E-state index contributed by atoms with van der Waals surface area (Å²) < 4.78 is 17.4. The van der Waals surface area contributed by atoms with Gasteiger partial charge < -0.3 is 29.7 Å². The molecule has 1 saturated carbocycles. The van der Waals surface area contributed by atoms with Gasteiger partial charge in [0.25, 0.3) is 0 Å². The number of carbonyl (C=O) groups excluding carboxylic acids is 3. The van der Waals surface area contributed by atoms with Crippen molar-refractivity contribution >= 4 is 17.9 Å². The van der Waals surface area contributed by atoms with Crippen molar-refractivity contribution in [3.63, 3.8) is 0 Å². The maximum Gasteiger partial charge on any atom is 0.318 e. The van der Waals surface area contributed by atoms with E-state index in [1.807, 2.05) is 49.1 Å². The average Bonchev–Trinajstić information content (AvgIpc) is 2.93. The largest absolute Gasteiger partial charge is 0.460 e. The Morgan fingerprint density at radius 1 is 1.02 bits per heavy atom. The summed E-state index contributed by atoms with van der Waals surface area (Å²) in [5.74, 6) is -1.49. The minimum absolute atomic E-state index is 0.0491. The molecule has 1 aromatic rings. The van der Waals surface area contributed by atoms with E-state index in [4.69, 9.17) is 14.2 Å². The molecule has 1 aromatic carbocycles. The molecule has 2 aliphatic rings. The Labute approximate surface area is 246 Å². The van der Waals surface area contributed by atoms with Crippen LogP contribution in [-0.2, 0) is 30.3 Å². The lowest BCUT2D eigenvalue weighted by Gasteiger charge is -2.44. The van der Waals surface area contributed by atoms with Crippen LogP contribution in [0.25, 0.3) is 0 Å². The SMILES string of the molecule is CCCCCCN(Cc1ccccc1)C(=O)NC1CCCCC1OC(=O)CCNC(=O)C1OC(C)(C)OCC1(C)C. The van der Waals surface area contributed by atoms with Crippen LogP contribution in [0.15, 0.2) is 30.3 Å². The molecular weight excluding hydrogens is 522 g/mol. The van der Waals surface area contributed by atoms with E-state index in [9.17, 15) is 14.4 Å². The predicted molar refractivity (Wildman–Crippen MR) is 158 cm³/mol. The van der Waals surface area contributed by atoms with Gasteiger partial charge in [0.15, 0.2) is 5.79 Å². The molecule has 0 bridgehead atoms. The van der Waals surface area contributed by atoms with Gasteiger partial charge in [-0.2, -0.15) is 0 Å². The van der Waals surface area contributed by atoms with Crippen LogP contribution in [-0.4, -0.2) is 66.5 Å². The highest BCUT2D eigenvalue weighted by atomic mass is 16.7. The smallest absolute Gasteiger partial charge is 0.318 e. The van der Waals surface area contributed by atoms with E-state index in [0.717, 1.165) is 50.5 Å². The van der Waals surface area contributed by atoms with Crippen molar-refractivity contribution < 1.29 is 28.6 Å². The summed E-state index contributed by atoms with van der Waals surface area (Å²) in [4.78, 5) is 40.9. The number of nitrogens with zero attached hydrogens (tertiary/aromatic N) is 1. The number of hydrogen-bond acceptors (Lipinski definition) is 6. The Balaban J connectivity index is 1.51. The van der Waals surface area contributed by atoms with Gasteiger partial charge in [-0.1, -0.05) is 76.8 Å². The van der Waals surface area contributed by atoms with Gasteiger partial charge in [-0.25, -0.2) is 4.79 Å². The number of rotatable bonds is 13. The van der Waals surface area contributed by atoms with E-state index in [1.54, 1.807) is 13.8 Å². The Kier molecular flexibility index (Phi) is 12.5. The molecule has 1 aliphatic carbocycles. The molecule has 2 fully saturated rings. The molecule has 2 N–H and O–H groups in total. The maximum atomic E-state index is 13.4. The van der Waals surface area contributed by atoms with E-state index in [-0.39, 0.29) is 43.0 Å². The quantitative estimate of drug-likeness (QED) is 0.245. The van der Waals surface area contributed by atoms with Crippen LogP contribution in [0.1, 0.15) is 98.0 Å². The van der Waals surface area contributed by atoms with Crippen LogP contribution >= 0.6 is 0 Å². The lowest BCUT2D eigenvalue weighted by Crippen LogP contribution is -2.56. The monoisotopic (exact) mass is 573 g/mol. The molecule has 3 atom stereocenters. The number of unbranched alkanes of at least 4 members (excludes halogenated alkanes) is 3. The molecule has 1 saturated heterocycles. The molecular formula is C32H51N3O6. The van der Waals surface area contributed by atoms with E-state index < -0.39 is 17.3 Å². The fraction of sp³-hybridized carbons (Fsp3) is 0.719. The normalized spacial score (nSPS) is 23.3. The number of hydrogen-bond donors (Lipinski definition) is 2. The summed E-state index contributed by atoms with van der Waals surface area (Å²) in [7, 11) is 0. The summed E-state index contributed by atoms with van der Waals surface area (Å²) in [6.45, 7) is 11.4. The first-order chi connectivity index (χ1) is 19.5. The van der Waals surface area contributed by atoms with E-state index in [0.29, 0.717) is 26.1 Å². The zero-order valence-electron chi connectivity index (χ0n) is 25.7. The Morgan fingerprint density at radius 2 is 1.76 bits per heavy atom. The minimum Gasteiger partial charge on any atom is -0.460 e. The molecule has 9 heteroatoms. The molecule has 1 heterocycles. The third-order valence-electron chi connectivity index (χ3n) is 7.85. The summed E-state index contributed by atoms with van der Waals surface area (Å²) in [5, 5.41) is 6.01. The van der Waals surface area contributed by atoms with Crippen LogP contribution in [0.2, 0.25) is 0 Å². The highest BCUT2D eigenvalue weighted by Gasteiger charge is 2.45. The summed E-state index contributed by atoms with van der Waals surface area (Å²) in [6.07, 6.45) is 6.71. The molecule has 41 heavy (non-hydrogen) atoms. The third-order valence-corrected chi connectivity index (χ3v) is 7.85. The van der Waals surface area contributed by atoms with Gasteiger partial charge >= 0.3 is 12.0 Å². The zero-order valence-corrected chi connectivity index (χ0v) is 25.7. The molecule has 3 rings (SSSR count). The predicted octanol–water partition coefficient (Wildman–Crippen LogP) is 5.32. The second-order valence-corrected chi connectivity index (χ2v) is 12.6. The zero-order chi connectivity index (χ0) is 29.9. The number of esters is 1. The van der Waals surface area contributed by atoms with E-state index in [1.165, 1.54) is 0 Å². The fourth-order valence-corrected chi connectivity index (χ4v) is 5.37. The van der Waals surface area contributed by atoms with Crippen molar-refractivity contribution in [2.24, 2.45) is 5.41 Å². The van der Waals surface area contributed by atoms with Gasteiger partial charge in [0, 0.05) is 25.0 Å². The van der Waals surface area contributed by atoms with Crippen molar-refractivity contribution in [2.75, 3.05) is 19.7 Å². The summed E-state index contributed by atoms with van der Waals surface area (Å²) in [6, 6.07) is 9.66. The van der Waals surface area contributed by atoms with Crippen LogP contribution in [0.5, 0.6) is 0 Å². The lowest BCUT2D eigenvalue weighted by molar-refractivity contribution is -0.304. The summed E-state index contributed by atoms with van der Waals surface area (Å²) in [5.41, 5.74) is 0.600. The van der Waals surface area contributed by atoms with E-state index in [2.05, 4.69) is 17.6 Å². The number of urea groups is 1.